The maximum absolute atomic E-state index is 5.10. The standard InChI is InChI=1S/C60H36N4/c1-2-10-41(11-3-1)58-62-59(42-28-23-37(24-29-42)48-19-9-31-61-36-48)64-60(63-58)47-18-5-16-44(33-47)43-15-4-17-45(32-43)49-34-46-30-27-40-13-7-21-51-50-20-6-12-38-25-26-39-14-8-22-52(56(39)54(38)50)53(35-49)57(46)55(40)51/h1-36H. The van der Waals surface area contributed by atoms with Crippen molar-refractivity contribution in [3.8, 4) is 67.5 Å². The Balaban J connectivity index is 0.954. The molecule has 13 aromatic rings. The molecule has 0 unspecified atom stereocenters. The topological polar surface area (TPSA) is 51.6 Å². The van der Waals surface area contributed by atoms with E-state index in [1.165, 1.54) is 70.2 Å². The maximum atomic E-state index is 5.10. The van der Waals surface area contributed by atoms with Crippen LogP contribution in [0.4, 0.5) is 0 Å². The number of aromatic nitrogens is 4. The molecule has 0 aliphatic heterocycles. The third kappa shape index (κ3) is 5.92. The highest BCUT2D eigenvalue weighted by Gasteiger charge is 2.18. The van der Waals surface area contributed by atoms with Gasteiger partial charge in [-0.05, 0) is 128 Å². The van der Waals surface area contributed by atoms with Crippen molar-refractivity contribution in [1.29, 1.82) is 0 Å². The highest BCUT2D eigenvalue weighted by molar-refractivity contribution is 6.37. The van der Waals surface area contributed by atoms with Gasteiger partial charge in [-0.15, -0.1) is 0 Å². The molecule has 0 aliphatic carbocycles. The van der Waals surface area contributed by atoms with Gasteiger partial charge in [0.1, 0.15) is 0 Å². The first-order valence-electron chi connectivity index (χ1n) is 21.7. The van der Waals surface area contributed by atoms with Crippen LogP contribution in [-0.4, -0.2) is 19.9 Å². The molecule has 4 heteroatoms. The molecule has 0 fully saturated rings. The lowest BCUT2D eigenvalue weighted by atomic mass is 9.86. The minimum absolute atomic E-state index is 0.621. The highest BCUT2D eigenvalue weighted by Crippen LogP contribution is 2.45. The van der Waals surface area contributed by atoms with E-state index in [4.69, 9.17) is 15.0 Å². The monoisotopic (exact) mass is 812 g/mol. The average Bonchev–Trinajstić information content (AvgIpc) is 3.37. The van der Waals surface area contributed by atoms with Gasteiger partial charge in [0, 0.05) is 29.1 Å². The molecule has 0 amide bonds. The molecule has 2 heterocycles. The molecule has 0 saturated heterocycles. The summed E-state index contributed by atoms with van der Waals surface area (Å²) in [5.41, 5.74) is 9.46. The third-order valence-electron chi connectivity index (χ3n) is 12.9. The largest absolute Gasteiger partial charge is 0.264 e. The van der Waals surface area contributed by atoms with Gasteiger partial charge in [0.05, 0.1) is 0 Å². The first kappa shape index (κ1) is 36.1. The molecule has 0 aliphatic rings. The van der Waals surface area contributed by atoms with Crippen molar-refractivity contribution in [3.63, 3.8) is 0 Å². The van der Waals surface area contributed by atoms with Crippen LogP contribution in [0.2, 0.25) is 0 Å². The van der Waals surface area contributed by atoms with Crippen molar-refractivity contribution in [2.45, 2.75) is 0 Å². The SMILES string of the molecule is c1ccc(-c2nc(-c3ccc(-c4cccnc4)cc3)nc(-c3cccc(-c4cccc(-c5cc6ccc7cccc8c9cccc%10ccc%11cccc(c(c5)c6c78)c%11c%109)c4)c3)n2)cc1. The lowest BCUT2D eigenvalue weighted by Crippen LogP contribution is -2.00. The van der Waals surface area contributed by atoms with Crippen molar-refractivity contribution in [2.24, 2.45) is 0 Å². The van der Waals surface area contributed by atoms with E-state index in [1.54, 1.807) is 6.20 Å². The molecule has 0 radical (unpaired) electrons. The zero-order valence-electron chi connectivity index (χ0n) is 34.6. The van der Waals surface area contributed by atoms with Gasteiger partial charge in [0.15, 0.2) is 17.5 Å². The number of hydrogen-bond acceptors (Lipinski definition) is 4. The summed E-state index contributed by atoms with van der Waals surface area (Å²) in [6.45, 7) is 0. The van der Waals surface area contributed by atoms with E-state index in [-0.39, 0.29) is 0 Å². The average molecular weight is 813 g/mol. The summed E-state index contributed by atoms with van der Waals surface area (Å²) in [5.74, 6) is 1.87. The highest BCUT2D eigenvalue weighted by atomic mass is 15.0. The summed E-state index contributed by atoms with van der Waals surface area (Å²) in [6.07, 6.45) is 3.67. The van der Waals surface area contributed by atoms with Crippen molar-refractivity contribution in [2.75, 3.05) is 0 Å². The lowest BCUT2D eigenvalue weighted by Gasteiger charge is -2.17. The molecule has 11 aromatic carbocycles. The normalized spacial score (nSPS) is 11.8. The maximum Gasteiger partial charge on any atom is 0.164 e. The van der Waals surface area contributed by atoms with Crippen LogP contribution < -0.4 is 0 Å². The van der Waals surface area contributed by atoms with E-state index in [9.17, 15) is 0 Å². The summed E-state index contributed by atoms with van der Waals surface area (Å²) in [5, 5.41) is 15.3. The van der Waals surface area contributed by atoms with Crippen LogP contribution in [0.3, 0.4) is 0 Å². The van der Waals surface area contributed by atoms with E-state index < -0.39 is 0 Å². The minimum atomic E-state index is 0.621. The molecule has 2 aromatic heterocycles. The first-order chi connectivity index (χ1) is 31.7. The Labute approximate surface area is 369 Å². The van der Waals surface area contributed by atoms with Crippen LogP contribution in [-0.2, 0) is 0 Å². The fraction of sp³-hybridized carbons (Fsp3) is 0. The molecular formula is C60H36N4. The Morgan fingerprint density at radius 3 is 1.27 bits per heavy atom. The van der Waals surface area contributed by atoms with Gasteiger partial charge in [-0.3, -0.25) is 4.98 Å². The zero-order valence-corrected chi connectivity index (χ0v) is 34.6. The first-order valence-corrected chi connectivity index (χ1v) is 21.7. The van der Waals surface area contributed by atoms with Crippen LogP contribution in [0, 0.1) is 0 Å². The van der Waals surface area contributed by atoms with Crippen molar-refractivity contribution in [3.05, 3.63) is 219 Å². The molecule has 0 spiro atoms. The van der Waals surface area contributed by atoms with Gasteiger partial charge < -0.3 is 0 Å². The molecule has 4 nitrogen and oxygen atoms in total. The quantitative estimate of drug-likeness (QED) is 0.157. The van der Waals surface area contributed by atoms with Crippen LogP contribution in [0.25, 0.3) is 132 Å². The summed E-state index contributed by atoms with van der Waals surface area (Å²) in [7, 11) is 0. The number of benzene rings is 10. The van der Waals surface area contributed by atoms with Crippen molar-refractivity contribution >= 4 is 64.6 Å². The third-order valence-corrected chi connectivity index (χ3v) is 12.9. The number of rotatable bonds is 6. The molecule has 13 rings (SSSR count). The Hall–Kier alpha value is -8.60. The van der Waals surface area contributed by atoms with Gasteiger partial charge in [-0.25, -0.2) is 15.0 Å². The van der Waals surface area contributed by atoms with E-state index in [0.717, 1.165) is 44.5 Å². The lowest BCUT2D eigenvalue weighted by molar-refractivity contribution is 1.07. The Kier molecular flexibility index (Phi) is 8.18. The number of fused-ring (bicyclic) bond motifs is 2. The van der Waals surface area contributed by atoms with Gasteiger partial charge in [0.25, 0.3) is 0 Å². The van der Waals surface area contributed by atoms with Gasteiger partial charge in [-0.2, -0.15) is 0 Å². The van der Waals surface area contributed by atoms with E-state index >= 15 is 0 Å². The van der Waals surface area contributed by atoms with Crippen LogP contribution in [0.15, 0.2) is 219 Å². The number of hydrogen-bond donors (Lipinski definition) is 0. The molecular weight excluding hydrogens is 777 g/mol. The molecule has 0 bridgehead atoms. The Bertz CT molecular complexity index is 3930. The van der Waals surface area contributed by atoms with Crippen molar-refractivity contribution < 1.29 is 0 Å². The summed E-state index contributed by atoms with van der Waals surface area (Å²) >= 11 is 0. The molecule has 0 N–H and O–H groups in total. The van der Waals surface area contributed by atoms with Crippen LogP contribution >= 0.6 is 0 Å². The van der Waals surface area contributed by atoms with E-state index in [1.807, 2.05) is 42.6 Å². The van der Waals surface area contributed by atoms with Gasteiger partial charge in [0.2, 0.25) is 0 Å². The van der Waals surface area contributed by atoms with Crippen LogP contribution in [0.5, 0.6) is 0 Å². The smallest absolute Gasteiger partial charge is 0.164 e. The number of nitrogens with zero attached hydrogens (tertiary/aromatic N) is 4. The van der Waals surface area contributed by atoms with E-state index in [2.05, 4.69) is 175 Å². The molecule has 0 atom stereocenters. The fourth-order valence-corrected chi connectivity index (χ4v) is 9.86. The van der Waals surface area contributed by atoms with Gasteiger partial charge >= 0.3 is 0 Å². The predicted octanol–water partition coefficient (Wildman–Crippen LogP) is 15.6. The molecule has 296 valence electrons. The Morgan fingerprint density at radius 2 is 0.672 bits per heavy atom. The minimum Gasteiger partial charge on any atom is -0.264 e. The van der Waals surface area contributed by atoms with Crippen LogP contribution in [0.1, 0.15) is 0 Å². The predicted molar refractivity (Wildman–Crippen MR) is 266 cm³/mol. The summed E-state index contributed by atoms with van der Waals surface area (Å²) < 4.78 is 0. The molecule has 64 heavy (non-hydrogen) atoms. The molecule has 0 saturated carbocycles. The second-order valence-electron chi connectivity index (χ2n) is 16.6. The van der Waals surface area contributed by atoms with Crippen molar-refractivity contribution in [1.82, 2.24) is 19.9 Å². The number of pyridine rings is 1. The summed E-state index contributed by atoms with van der Waals surface area (Å²) in [6, 6.07) is 74.2. The fourth-order valence-electron chi connectivity index (χ4n) is 9.86. The second-order valence-corrected chi connectivity index (χ2v) is 16.6. The van der Waals surface area contributed by atoms with E-state index in [0.29, 0.717) is 17.5 Å². The Morgan fingerprint density at radius 1 is 0.234 bits per heavy atom. The van der Waals surface area contributed by atoms with Gasteiger partial charge in [-0.1, -0.05) is 176 Å². The second kappa shape index (κ2) is 14.5. The summed E-state index contributed by atoms with van der Waals surface area (Å²) in [4.78, 5) is 19.5. The zero-order chi connectivity index (χ0) is 42.1.